The second-order valence-electron chi connectivity index (χ2n) is 4.57. The quantitative estimate of drug-likeness (QED) is 0.613. The van der Waals surface area contributed by atoms with E-state index >= 15 is 0 Å². The molecule has 1 aromatic heterocycles. The van der Waals surface area contributed by atoms with Gasteiger partial charge in [0.15, 0.2) is 12.4 Å². The molecule has 0 aliphatic carbocycles. The van der Waals surface area contributed by atoms with Crippen molar-refractivity contribution in [3.63, 3.8) is 0 Å². The van der Waals surface area contributed by atoms with Gasteiger partial charge in [0, 0.05) is 6.20 Å². The van der Waals surface area contributed by atoms with Gasteiger partial charge < -0.3 is 25.0 Å². The van der Waals surface area contributed by atoms with Crippen LogP contribution in [0.4, 0.5) is 10.2 Å². The summed E-state index contributed by atoms with van der Waals surface area (Å²) in [7, 11) is -3.44. The second kappa shape index (κ2) is 6.20. The van der Waals surface area contributed by atoms with E-state index in [9.17, 15) is 18.9 Å². The number of nitrogens with two attached hydrogens (primary N) is 1. The Morgan fingerprint density at radius 1 is 1.67 bits per heavy atom. The molecule has 1 saturated heterocycles. The molecule has 0 aromatic carbocycles. The Morgan fingerprint density at radius 2 is 2.33 bits per heavy atom. The zero-order chi connectivity index (χ0) is 15.7. The zero-order valence-electron chi connectivity index (χ0n) is 10.9. The molecular weight excluding hydrogens is 308 g/mol. The van der Waals surface area contributed by atoms with Gasteiger partial charge in [-0.15, -0.1) is 0 Å². The van der Waals surface area contributed by atoms with Crippen molar-refractivity contribution in [3.8, 4) is 0 Å². The first-order chi connectivity index (χ1) is 9.81. The molecule has 21 heavy (non-hydrogen) atoms. The van der Waals surface area contributed by atoms with E-state index in [2.05, 4.69) is 9.51 Å². The molecule has 0 bridgehead atoms. The lowest BCUT2D eigenvalue weighted by atomic mass is 10.1. The van der Waals surface area contributed by atoms with Gasteiger partial charge in [-0.3, -0.25) is 9.13 Å². The molecular formula is C10H15FN3O6P. The third kappa shape index (κ3) is 3.30. The molecule has 11 heteroatoms. The third-order valence-electron chi connectivity index (χ3n) is 3.04. The average molecular weight is 323 g/mol. The molecule has 0 spiro atoms. The van der Waals surface area contributed by atoms with Crippen molar-refractivity contribution >= 4 is 14.1 Å². The van der Waals surface area contributed by atoms with Crippen molar-refractivity contribution in [1.82, 2.24) is 9.55 Å². The predicted molar refractivity (Wildman–Crippen MR) is 69.5 cm³/mol. The maximum Gasteiger partial charge on any atom is 0.351 e. The lowest BCUT2D eigenvalue weighted by Crippen LogP contribution is -2.37. The molecule has 4 N–H and O–H groups in total. The third-order valence-corrected chi connectivity index (χ3v) is 3.52. The first kappa shape index (κ1) is 16.1. The molecule has 1 aliphatic heterocycles. The first-order valence-electron chi connectivity index (χ1n) is 6.03. The molecule has 6 atom stereocenters. The number of hydrogen-bond donors (Lipinski definition) is 3. The highest BCUT2D eigenvalue weighted by molar-refractivity contribution is 7.32. The van der Waals surface area contributed by atoms with Crippen LogP contribution in [0, 0.1) is 0 Å². The standard InChI is InChI=1S/C10H15FN3O6P/c1-4(15)7-8(20-21(17)18)6(11)9(19-7)14-3-2-5(12)13-10(14)16/h2-4,6-9,15,21H,1H3,(H,17,18)(H2,12,13,16)/t4-,6?,7?,8?,9?/m1/s1. The summed E-state index contributed by atoms with van der Waals surface area (Å²) in [4.78, 5) is 23.9. The van der Waals surface area contributed by atoms with E-state index in [4.69, 9.17) is 15.4 Å². The van der Waals surface area contributed by atoms with Crippen LogP contribution in [0.25, 0.3) is 0 Å². The number of anilines is 1. The first-order valence-corrected chi connectivity index (χ1v) is 7.29. The summed E-state index contributed by atoms with van der Waals surface area (Å²) in [5, 5.41) is 9.56. The summed E-state index contributed by atoms with van der Waals surface area (Å²) in [6, 6.07) is 1.28. The van der Waals surface area contributed by atoms with Gasteiger partial charge in [-0.1, -0.05) is 0 Å². The molecule has 0 saturated carbocycles. The van der Waals surface area contributed by atoms with Crippen LogP contribution in [0.15, 0.2) is 17.1 Å². The molecule has 5 unspecified atom stereocenters. The normalized spacial score (nSPS) is 32.0. The fourth-order valence-electron chi connectivity index (χ4n) is 2.13. The molecule has 0 radical (unpaired) electrons. The summed E-state index contributed by atoms with van der Waals surface area (Å²) >= 11 is 0. The van der Waals surface area contributed by atoms with Crippen LogP contribution in [0.3, 0.4) is 0 Å². The minimum atomic E-state index is -3.44. The van der Waals surface area contributed by atoms with Crippen LogP contribution in [0.2, 0.25) is 0 Å². The van der Waals surface area contributed by atoms with Crippen LogP contribution in [-0.4, -0.2) is 44.0 Å². The number of ether oxygens (including phenoxy) is 1. The van der Waals surface area contributed by atoms with E-state index in [1.807, 2.05) is 0 Å². The molecule has 0 amide bonds. The number of aliphatic hydroxyl groups is 1. The van der Waals surface area contributed by atoms with Gasteiger partial charge in [0.1, 0.15) is 18.0 Å². The number of halogens is 1. The van der Waals surface area contributed by atoms with Gasteiger partial charge in [0.2, 0.25) is 0 Å². The summed E-state index contributed by atoms with van der Waals surface area (Å²) in [6.45, 7) is 1.31. The van der Waals surface area contributed by atoms with E-state index in [1.54, 1.807) is 0 Å². The predicted octanol–water partition coefficient (Wildman–Crippen LogP) is -0.791. The highest BCUT2D eigenvalue weighted by Gasteiger charge is 2.49. The summed E-state index contributed by atoms with van der Waals surface area (Å²) in [6.07, 6.45) is -6.03. The maximum atomic E-state index is 14.4. The Hall–Kier alpha value is -1.32. The summed E-state index contributed by atoms with van der Waals surface area (Å²) in [5.74, 6) is -0.0371. The van der Waals surface area contributed by atoms with Gasteiger partial charge in [0.05, 0.1) is 6.10 Å². The maximum absolute atomic E-state index is 14.4. The zero-order valence-corrected chi connectivity index (χ0v) is 11.9. The number of rotatable bonds is 4. The fourth-order valence-corrected chi connectivity index (χ4v) is 2.63. The topological polar surface area (TPSA) is 137 Å². The van der Waals surface area contributed by atoms with Crippen molar-refractivity contribution in [1.29, 1.82) is 0 Å². The number of nitrogens with zero attached hydrogens (tertiary/aromatic N) is 2. The van der Waals surface area contributed by atoms with Crippen molar-refractivity contribution in [2.75, 3.05) is 5.73 Å². The van der Waals surface area contributed by atoms with E-state index in [1.165, 1.54) is 19.2 Å². The molecule has 1 fully saturated rings. The van der Waals surface area contributed by atoms with Crippen molar-refractivity contribution < 1.29 is 28.2 Å². The molecule has 9 nitrogen and oxygen atoms in total. The fraction of sp³-hybridized carbons (Fsp3) is 0.600. The van der Waals surface area contributed by atoms with E-state index < -0.39 is 44.7 Å². The van der Waals surface area contributed by atoms with Crippen LogP contribution >= 0.6 is 8.25 Å². The Morgan fingerprint density at radius 3 is 2.86 bits per heavy atom. The van der Waals surface area contributed by atoms with Crippen molar-refractivity contribution in [3.05, 3.63) is 22.7 Å². The Balaban J connectivity index is 2.33. The molecule has 118 valence electrons. The Bertz CT molecular complexity index is 596. The number of nitrogen functional groups attached to an aromatic ring is 1. The number of aliphatic hydroxyl groups excluding tert-OH is 1. The average Bonchev–Trinajstić information content (AvgIpc) is 2.67. The minimum Gasteiger partial charge on any atom is -0.391 e. The Kier molecular flexibility index (Phi) is 4.74. The number of aromatic nitrogens is 2. The minimum absolute atomic E-state index is 0.0371. The Labute approximate surface area is 119 Å². The number of hydrogen-bond acceptors (Lipinski definition) is 7. The van der Waals surface area contributed by atoms with Crippen LogP contribution < -0.4 is 11.4 Å². The highest BCUT2D eigenvalue weighted by Crippen LogP contribution is 2.38. The molecule has 1 aliphatic rings. The van der Waals surface area contributed by atoms with E-state index in [0.29, 0.717) is 0 Å². The van der Waals surface area contributed by atoms with Gasteiger partial charge in [0.25, 0.3) is 0 Å². The lowest BCUT2D eigenvalue weighted by Gasteiger charge is -2.19. The van der Waals surface area contributed by atoms with Crippen LogP contribution in [-0.2, 0) is 13.8 Å². The largest absolute Gasteiger partial charge is 0.391 e. The summed E-state index contributed by atoms with van der Waals surface area (Å²) in [5.41, 5.74) is 4.49. The molecule has 1 aromatic rings. The smallest absolute Gasteiger partial charge is 0.351 e. The van der Waals surface area contributed by atoms with Gasteiger partial charge in [-0.2, -0.15) is 4.98 Å². The van der Waals surface area contributed by atoms with E-state index in [-0.39, 0.29) is 5.82 Å². The molecule has 2 rings (SSSR count). The van der Waals surface area contributed by atoms with Gasteiger partial charge in [-0.05, 0) is 13.0 Å². The van der Waals surface area contributed by atoms with Crippen LogP contribution in [0.1, 0.15) is 13.2 Å². The SMILES string of the molecule is C[C@@H](O)C1OC(n2ccc(N)nc2=O)C(F)C1O[PH](=O)O. The number of alkyl halides is 1. The van der Waals surface area contributed by atoms with Crippen molar-refractivity contribution in [2.45, 2.75) is 37.6 Å². The van der Waals surface area contributed by atoms with E-state index in [0.717, 1.165) is 4.57 Å². The van der Waals surface area contributed by atoms with Gasteiger partial charge >= 0.3 is 13.9 Å². The van der Waals surface area contributed by atoms with Crippen molar-refractivity contribution in [2.24, 2.45) is 0 Å². The second-order valence-corrected chi connectivity index (χ2v) is 5.33. The summed E-state index contributed by atoms with van der Waals surface area (Å²) < 4.78 is 35.9. The monoisotopic (exact) mass is 323 g/mol. The lowest BCUT2D eigenvalue weighted by molar-refractivity contribution is -0.0756. The highest BCUT2D eigenvalue weighted by atomic mass is 31.1. The van der Waals surface area contributed by atoms with Crippen LogP contribution in [0.5, 0.6) is 0 Å². The van der Waals surface area contributed by atoms with Gasteiger partial charge in [-0.25, -0.2) is 9.18 Å². The molecule has 2 heterocycles.